The van der Waals surface area contributed by atoms with E-state index in [1.54, 1.807) is 0 Å². The molecule has 1 unspecified atom stereocenters. The van der Waals surface area contributed by atoms with E-state index < -0.39 is 0 Å². The van der Waals surface area contributed by atoms with Gasteiger partial charge in [0.25, 0.3) is 0 Å². The topological polar surface area (TPSA) is 49.5 Å². The van der Waals surface area contributed by atoms with E-state index in [2.05, 4.69) is 11.2 Å². The summed E-state index contributed by atoms with van der Waals surface area (Å²) in [6.45, 7) is 2.33. The van der Waals surface area contributed by atoms with E-state index >= 15 is 0 Å². The van der Waals surface area contributed by atoms with Gasteiger partial charge in [-0.15, -0.1) is 11.8 Å². The van der Waals surface area contributed by atoms with E-state index in [1.807, 2.05) is 11.8 Å². The van der Waals surface area contributed by atoms with Gasteiger partial charge in [0.1, 0.15) is 0 Å². The molecule has 2 fully saturated rings. The van der Waals surface area contributed by atoms with Crippen LogP contribution in [-0.2, 0) is 0 Å². The number of hydrogen-bond donors (Lipinski definition) is 2. The maximum atomic E-state index is 9.04. The van der Waals surface area contributed by atoms with Crippen molar-refractivity contribution in [3.63, 3.8) is 0 Å². The van der Waals surface area contributed by atoms with Crippen molar-refractivity contribution in [2.24, 2.45) is 17.6 Å². The van der Waals surface area contributed by atoms with Crippen molar-refractivity contribution < 1.29 is 5.11 Å². The molecule has 1 aliphatic carbocycles. The lowest BCUT2D eigenvalue weighted by Gasteiger charge is -2.21. The van der Waals surface area contributed by atoms with Gasteiger partial charge >= 0.3 is 0 Å². The molecule has 0 aromatic rings. The maximum absolute atomic E-state index is 9.04. The fraction of sp³-hybridized carbons (Fsp3) is 1.00. The zero-order valence-corrected chi connectivity index (χ0v) is 8.18. The molecule has 3 N–H and O–H groups in total. The summed E-state index contributed by atoms with van der Waals surface area (Å²) in [5.41, 5.74) is 5.76. The third-order valence-corrected chi connectivity index (χ3v) is 3.88. The van der Waals surface area contributed by atoms with Crippen molar-refractivity contribution in [1.29, 1.82) is 0 Å². The molecular formula is C8H16N2OS. The molecule has 0 radical (unpaired) electrons. The summed E-state index contributed by atoms with van der Waals surface area (Å²) in [6.07, 6.45) is 2.12. The number of rotatable bonds is 3. The molecule has 0 bridgehead atoms. The number of nitrogens with two attached hydrogens (primary N) is 1. The minimum absolute atomic E-state index is 0.162. The van der Waals surface area contributed by atoms with E-state index in [9.17, 15) is 0 Å². The third-order valence-electron chi connectivity index (χ3n) is 3.25. The first-order chi connectivity index (χ1) is 5.72. The Morgan fingerprint density at radius 1 is 1.58 bits per heavy atom. The largest absolute Gasteiger partial charge is 0.394 e. The molecule has 1 saturated heterocycles. The molecule has 0 spiro atoms. The zero-order chi connectivity index (χ0) is 8.77. The fourth-order valence-electron chi connectivity index (χ4n) is 2.38. The second-order valence-electron chi connectivity index (χ2n) is 3.94. The predicted molar refractivity (Wildman–Crippen MR) is 50.9 cm³/mol. The van der Waals surface area contributed by atoms with E-state index in [4.69, 9.17) is 10.8 Å². The van der Waals surface area contributed by atoms with Gasteiger partial charge < -0.3 is 10.8 Å². The Bertz CT molecular complexity index is 176. The molecule has 12 heavy (non-hydrogen) atoms. The number of likely N-dealkylation sites (tertiary alicyclic amines) is 1. The van der Waals surface area contributed by atoms with Crippen LogP contribution in [0.5, 0.6) is 0 Å². The van der Waals surface area contributed by atoms with Crippen LogP contribution < -0.4 is 5.73 Å². The summed E-state index contributed by atoms with van der Waals surface area (Å²) in [6, 6.07) is 0. The van der Waals surface area contributed by atoms with Crippen LogP contribution in [0.15, 0.2) is 0 Å². The molecule has 2 aliphatic rings. The molecule has 0 aromatic carbocycles. The number of piperidine rings is 1. The number of aliphatic hydroxyl groups excluding tert-OH is 1. The number of thioether (sulfide) groups is 1. The highest BCUT2D eigenvalue weighted by Gasteiger charge is 2.65. The second kappa shape index (κ2) is 2.87. The second-order valence-corrected chi connectivity index (χ2v) is 4.77. The van der Waals surface area contributed by atoms with Crippen molar-refractivity contribution >= 4 is 11.8 Å². The number of nitrogens with zero attached hydrogens (tertiary/aromatic N) is 1. The zero-order valence-electron chi connectivity index (χ0n) is 7.36. The number of aliphatic hydroxyl groups is 1. The van der Waals surface area contributed by atoms with Gasteiger partial charge in [-0.1, -0.05) is 0 Å². The highest BCUT2D eigenvalue weighted by atomic mass is 32.2. The highest BCUT2D eigenvalue weighted by Crippen LogP contribution is 2.53. The van der Waals surface area contributed by atoms with Crippen LogP contribution in [0.3, 0.4) is 0 Å². The molecule has 1 aliphatic heterocycles. The van der Waals surface area contributed by atoms with E-state index in [0.29, 0.717) is 11.8 Å². The molecule has 70 valence electrons. The van der Waals surface area contributed by atoms with Gasteiger partial charge in [0, 0.05) is 24.5 Å². The standard InChI is InChI=1S/C8H16N2OS/c1-12-5-10-2-6-7(3-10)8(6,9)4-11/h6-7,11H,2-5,9H2,1H3/t6-,7+,8?. The average Bonchev–Trinajstić information content (AvgIpc) is 2.51. The van der Waals surface area contributed by atoms with Gasteiger partial charge in [-0.2, -0.15) is 0 Å². The van der Waals surface area contributed by atoms with Crippen LogP contribution in [0, 0.1) is 11.8 Å². The SMILES string of the molecule is CSCN1C[C@@H]2[C@H](C1)C2(N)CO. The summed E-state index contributed by atoms with van der Waals surface area (Å²) >= 11 is 1.85. The molecule has 2 rings (SSSR count). The lowest BCUT2D eigenvalue weighted by molar-refractivity contribution is 0.209. The first-order valence-electron chi connectivity index (χ1n) is 4.33. The highest BCUT2D eigenvalue weighted by molar-refractivity contribution is 7.98. The maximum Gasteiger partial charge on any atom is 0.0617 e. The van der Waals surface area contributed by atoms with Gasteiger partial charge in [-0.25, -0.2) is 0 Å². The van der Waals surface area contributed by atoms with Crippen LogP contribution in [0.4, 0.5) is 0 Å². The van der Waals surface area contributed by atoms with E-state index in [1.165, 1.54) is 0 Å². The Kier molecular flexibility index (Phi) is 2.11. The Labute approximate surface area is 77.3 Å². The van der Waals surface area contributed by atoms with Crippen molar-refractivity contribution in [3.05, 3.63) is 0 Å². The van der Waals surface area contributed by atoms with Crippen LogP contribution in [-0.4, -0.2) is 47.4 Å². The van der Waals surface area contributed by atoms with E-state index in [0.717, 1.165) is 19.0 Å². The molecule has 3 nitrogen and oxygen atoms in total. The first-order valence-corrected chi connectivity index (χ1v) is 5.73. The lowest BCUT2D eigenvalue weighted by atomic mass is 10.2. The molecule has 0 amide bonds. The van der Waals surface area contributed by atoms with Gasteiger partial charge in [0.2, 0.25) is 0 Å². The Hall–Kier alpha value is 0.230. The van der Waals surface area contributed by atoms with Gasteiger partial charge in [0.15, 0.2) is 0 Å². The van der Waals surface area contributed by atoms with Crippen LogP contribution in [0.1, 0.15) is 0 Å². The van der Waals surface area contributed by atoms with Crippen molar-refractivity contribution in [2.45, 2.75) is 5.54 Å². The van der Waals surface area contributed by atoms with Gasteiger partial charge in [0.05, 0.1) is 6.61 Å². The number of hydrogen-bond acceptors (Lipinski definition) is 4. The summed E-state index contributed by atoms with van der Waals surface area (Å²) in [4.78, 5) is 2.42. The number of fused-ring (bicyclic) bond motifs is 1. The van der Waals surface area contributed by atoms with E-state index in [-0.39, 0.29) is 12.1 Å². The summed E-state index contributed by atoms with van der Waals surface area (Å²) in [5, 5.41) is 9.04. The molecule has 4 heteroatoms. The van der Waals surface area contributed by atoms with Crippen molar-refractivity contribution in [3.8, 4) is 0 Å². The molecular weight excluding hydrogens is 172 g/mol. The van der Waals surface area contributed by atoms with Crippen LogP contribution >= 0.6 is 11.8 Å². The monoisotopic (exact) mass is 188 g/mol. The molecule has 1 heterocycles. The first kappa shape index (κ1) is 8.81. The quantitative estimate of drug-likeness (QED) is 0.630. The smallest absolute Gasteiger partial charge is 0.0617 e. The molecule has 0 aromatic heterocycles. The van der Waals surface area contributed by atoms with Crippen LogP contribution in [0.25, 0.3) is 0 Å². The Morgan fingerprint density at radius 2 is 2.17 bits per heavy atom. The third kappa shape index (κ3) is 1.09. The normalized spacial score (nSPS) is 46.2. The minimum Gasteiger partial charge on any atom is -0.394 e. The average molecular weight is 188 g/mol. The Balaban J connectivity index is 1.85. The summed E-state index contributed by atoms with van der Waals surface area (Å²) < 4.78 is 0. The predicted octanol–water partition coefficient (Wildman–Crippen LogP) is -0.442. The van der Waals surface area contributed by atoms with Crippen molar-refractivity contribution in [1.82, 2.24) is 4.90 Å². The summed E-state index contributed by atoms with van der Waals surface area (Å²) in [5.74, 6) is 2.23. The Morgan fingerprint density at radius 3 is 2.58 bits per heavy atom. The van der Waals surface area contributed by atoms with Crippen LogP contribution in [0.2, 0.25) is 0 Å². The molecule has 1 saturated carbocycles. The van der Waals surface area contributed by atoms with Crippen molar-refractivity contribution in [2.75, 3.05) is 31.8 Å². The summed E-state index contributed by atoms with van der Waals surface area (Å²) in [7, 11) is 0. The molecule has 3 atom stereocenters. The minimum atomic E-state index is -0.213. The fourth-order valence-corrected chi connectivity index (χ4v) is 2.95. The van der Waals surface area contributed by atoms with Gasteiger partial charge in [-0.3, -0.25) is 4.90 Å². The van der Waals surface area contributed by atoms with Gasteiger partial charge in [-0.05, 0) is 18.1 Å². The lowest BCUT2D eigenvalue weighted by Crippen LogP contribution is -2.40.